The third-order valence-corrected chi connectivity index (χ3v) is 4.10. The monoisotopic (exact) mass is 207 g/mol. The predicted octanol–water partition coefficient (Wildman–Crippen LogP) is -0.202. The van der Waals surface area contributed by atoms with Gasteiger partial charge in [0.25, 0.3) is 0 Å². The van der Waals surface area contributed by atoms with E-state index in [1.165, 1.54) is 0 Å². The van der Waals surface area contributed by atoms with Gasteiger partial charge in [0.2, 0.25) is 0 Å². The van der Waals surface area contributed by atoms with Crippen molar-refractivity contribution in [1.29, 1.82) is 0 Å². The van der Waals surface area contributed by atoms with Gasteiger partial charge >= 0.3 is 0 Å². The average Bonchev–Trinajstić information content (AvgIpc) is 2.41. The molecule has 2 atom stereocenters. The lowest BCUT2D eigenvalue weighted by molar-refractivity contribution is 0.115. The van der Waals surface area contributed by atoms with Gasteiger partial charge in [-0.15, -0.1) is 0 Å². The third-order valence-electron chi connectivity index (χ3n) is 2.33. The van der Waals surface area contributed by atoms with Crippen LogP contribution in [0.4, 0.5) is 0 Å². The molecule has 1 aliphatic rings. The molecule has 1 heterocycles. The summed E-state index contributed by atoms with van der Waals surface area (Å²) in [7, 11) is -1.10. The maximum atomic E-state index is 11.1. The molecule has 0 spiro atoms. The SMILES string of the molecule is COC(C)CNC1CCS(=O)(=O)C1. The van der Waals surface area contributed by atoms with E-state index in [1.807, 2.05) is 6.92 Å². The molecule has 1 fully saturated rings. The van der Waals surface area contributed by atoms with Crippen LogP contribution < -0.4 is 5.32 Å². The van der Waals surface area contributed by atoms with E-state index in [1.54, 1.807) is 7.11 Å². The lowest BCUT2D eigenvalue weighted by Gasteiger charge is -2.14. The molecule has 13 heavy (non-hydrogen) atoms. The quantitative estimate of drug-likeness (QED) is 0.693. The van der Waals surface area contributed by atoms with Crippen LogP contribution in [0.15, 0.2) is 0 Å². The Balaban J connectivity index is 2.25. The molecule has 0 aliphatic carbocycles. The first-order valence-electron chi connectivity index (χ1n) is 4.50. The van der Waals surface area contributed by atoms with Crippen LogP contribution in [0.5, 0.6) is 0 Å². The Bertz CT molecular complexity index is 250. The van der Waals surface area contributed by atoms with Gasteiger partial charge in [-0.2, -0.15) is 0 Å². The maximum absolute atomic E-state index is 11.1. The summed E-state index contributed by atoms with van der Waals surface area (Å²) < 4.78 is 27.2. The number of ether oxygens (including phenoxy) is 1. The first-order valence-corrected chi connectivity index (χ1v) is 6.32. The molecule has 0 aromatic rings. The Morgan fingerprint density at radius 1 is 1.62 bits per heavy atom. The van der Waals surface area contributed by atoms with Crippen LogP contribution in [0.1, 0.15) is 13.3 Å². The molecule has 5 heteroatoms. The summed E-state index contributed by atoms with van der Waals surface area (Å²) in [5, 5.41) is 3.18. The molecule has 0 aromatic carbocycles. The summed E-state index contributed by atoms with van der Waals surface area (Å²) in [6.07, 6.45) is 0.877. The second-order valence-electron chi connectivity index (χ2n) is 3.55. The molecule has 1 N–H and O–H groups in total. The largest absolute Gasteiger partial charge is 0.380 e. The van der Waals surface area contributed by atoms with Crippen molar-refractivity contribution in [1.82, 2.24) is 5.32 Å². The van der Waals surface area contributed by atoms with Gasteiger partial charge in [0, 0.05) is 19.7 Å². The van der Waals surface area contributed by atoms with Crippen LogP contribution >= 0.6 is 0 Å². The lowest BCUT2D eigenvalue weighted by atomic mass is 10.2. The van der Waals surface area contributed by atoms with Gasteiger partial charge < -0.3 is 10.1 Å². The van der Waals surface area contributed by atoms with Gasteiger partial charge in [0.15, 0.2) is 9.84 Å². The fraction of sp³-hybridized carbons (Fsp3) is 1.00. The Morgan fingerprint density at radius 2 is 2.31 bits per heavy atom. The van der Waals surface area contributed by atoms with Gasteiger partial charge in [0.1, 0.15) is 0 Å². The molecule has 0 aromatic heterocycles. The van der Waals surface area contributed by atoms with E-state index in [4.69, 9.17) is 4.74 Å². The van der Waals surface area contributed by atoms with Crippen LogP contribution in [-0.2, 0) is 14.6 Å². The standard InChI is InChI=1S/C8H17NO3S/c1-7(12-2)5-9-8-3-4-13(10,11)6-8/h7-9H,3-6H2,1-2H3. The molecule has 78 valence electrons. The summed E-state index contributed by atoms with van der Waals surface area (Å²) in [6, 6.07) is 0.127. The third kappa shape index (κ3) is 3.62. The highest BCUT2D eigenvalue weighted by Crippen LogP contribution is 2.10. The van der Waals surface area contributed by atoms with E-state index in [0.717, 1.165) is 13.0 Å². The molecule has 0 radical (unpaired) electrons. The van der Waals surface area contributed by atoms with Crippen molar-refractivity contribution < 1.29 is 13.2 Å². The molecular weight excluding hydrogens is 190 g/mol. The van der Waals surface area contributed by atoms with Gasteiger partial charge in [-0.05, 0) is 13.3 Å². The highest BCUT2D eigenvalue weighted by molar-refractivity contribution is 7.91. The van der Waals surface area contributed by atoms with Crippen LogP contribution in [0, 0.1) is 0 Å². The molecule has 0 amide bonds. The lowest BCUT2D eigenvalue weighted by Crippen LogP contribution is -2.35. The van der Waals surface area contributed by atoms with Crippen molar-refractivity contribution in [2.45, 2.75) is 25.5 Å². The number of hydrogen-bond donors (Lipinski definition) is 1. The molecule has 2 unspecified atom stereocenters. The van der Waals surface area contributed by atoms with Crippen molar-refractivity contribution >= 4 is 9.84 Å². The summed E-state index contributed by atoms with van der Waals surface area (Å²) in [5.41, 5.74) is 0. The van der Waals surface area contributed by atoms with Crippen molar-refractivity contribution in [2.75, 3.05) is 25.2 Å². The molecular formula is C8H17NO3S. The first-order chi connectivity index (χ1) is 6.03. The first kappa shape index (κ1) is 10.9. The van der Waals surface area contributed by atoms with E-state index in [-0.39, 0.29) is 17.9 Å². The van der Waals surface area contributed by atoms with Crippen molar-refractivity contribution in [3.63, 3.8) is 0 Å². The summed E-state index contributed by atoms with van der Waals surface area (Å²) in [6.45, 7) is 2.67. The minimum atomic E-state index is -2.75. The Hall–Kier alpha value is -0.130. The van der Waals surface area contributed by atoms with Gasteiger partial charge in [-0.1, -0.05) is 0 Å². The summed E-state index contributed by atoms with van der Waals surface area (Å²) in [5.74, 6) is 0.607. The highest BCUT2D eigenvalue weighted by Gasteiger charge is 2.27. The minimum absolute atomic E-state index is 0.127. The van der Waals surface area contributed by atoms with Gasteiger partial charge in [0.05, 0.1) is 17.6 Å². The van der Waals surface area contributed by atoms with Crippen LogP contribution in [0.2, 0.25) is 0 Å². The molecule has 0 saturated carbocycles. The Morgan fingerprint density at radius 3 is 2.77 bits per heavy atom. The molecule has 0 bridgehead atoms. The van der Waals surface area contributed by atoms with E-state index in [9.17, 15) is 8.42 Å². The van der Waals surface area contributed by atoms with E-state index in [2.05, 4.69) is 5.32 Å². The van der Waals surface area contributed by atoms with Gasteiger partial charge in [-0.3, -0.25) is 0 Å². The van der Waals surface area contributed by atoms with Crippen molar-refractivity contribution in [2.24, 2.45) is 0 Å². The van der Waals surface area contributed by atoms with Crippen molar-refractivity contribution in [3.05, 3.63) is 0 Å². The number of hydrogen-bond acceptors (Lipinski definition) is 4. The molecule has 1 saturated heterocycles. The molecule has 1 aliphatic heterocycles. The highest BCUT2D eigenvalue weighted by atomic mass is 32.2. The zero-order chi connectivity index (χ0) is 9.90. The van der Waals surface area contributed by atoms with E-state index >= 15 is 0 Å². The van der Waals surface area contributed by atoms with Crippen LogP contribution in [0.3, 0.4) is 0 Å². The van der Waals surface area contributed by atoms with Crippen LogP contribution in [0.25, 0.3) is 0 Å². The second-order valence-corrected chi connectivity index (χ2v) is 5.78. The van der Waals surface area contributed by atoms with E-state index in [0.29, 0.717) is 5.75 Å². The Labute approximate surface area is 79.6 Å². The zero-order valence-electron chi connectivity index (χ0n) is 8.12. The normalized spacial score (nSPS) is 28.9. The average molecular weight is 207 g/mol. The predicted molar refractivity (Wildman–Crippen MR) is 51.5 cm³/mol. The van der Waals surface area contributed by atoms with Gasteiger partial charge in [-0.25, -0.2) is 8.42 Å². The Kier molecular flexibility index (Phi) is 3.70. The minimum Gasteiger partial charge on any atom is -0.380 e. The maximum Gasteiger partial charge on any atom is 0.151 e. The van der Waals surface area contributed by atoms with E-state index < -0.39 is 9.84 Å². The molecule has 4 nitrogen and oxygen atoms in total. The molecule has 1 rings (SSSR count). The second kappa shape index (κ2) is 4.39. The zero-order valence-corrected chi connectivity index (χ0v) is 8.93. The fourth-order valence-electron chi connectivity index (χ4n) is 1.37. The number of rotatable bonds is 4. The van der Waals surface area contributed by atoms with Crippen molar-refractivity contribution in [3.8, 4) is 0 Å². The van der Waals surface area contributed by atoms with Crippen LogP contribution in [-0.4, -0.2) is 45.7 Å². The fourth-order valence-corrected chi connectivity index (χ4v) is 3.08. The summed E-state index contributed by atoms with van der Waals surface area (Å²) in [4.78, 5) is 0. The topological polar surface area (TPSA) is 55.4 Å². The number of methoxy groups -OCH3 is 1. The summed E-state index contributed by atoms with van der Waals surface area (Å²) >= 11 is 0. The smallest absolute Gasteiger partial charge is 0.151 e. The number of sulfone groups is 1. The number of nitrogens with one attached hydrogen (secondary N) is 1.